The molecule has 1 saturated carbocycles. The van der Waals surface area contributed by atoms with Gasteiger partial charge < -0.3 is 21.3 Å². The minimum atomic E-state index is -0.959. The van der Waals surface area contributed by atoms with Gasteiger partial charge in [-0.15, -0.1) is 0 Å². The number of piperazine rings is 1. The number of hydrogen-bond acceptors (Lipinski definition) is 7. The van der Waals surface area contributed by atoms with Crippen LogP contribution in [0.5, 0.6) is 0 Å². The van der Waals surface area contributed by atoms with E-state index in [0.29, 0.717) is 37.3 Å². The quantitative estimate of drug-likeness (QED) is 0.471. The molecule has 2 heterocycles. The lowest BCUT2D eigenvalue weighted by molar-refractivity contribution is -0.138. The number of hydrogen-bond donors (Lipinski definition) is 3. The Kier molecular flexibility index (Phi) is 8.19. The molecule has 1 aliphatic heterocycles. The summed E-state index contributed by atoms with van der Waals surface area (Å²) in [6, 6.07) is 9.21. The highest BCUT2D eigenvalue weighted by atomic mass is 16.2. The summed E-state index contributed by atoms with van der Waals surface area (Å²) in [6.07, 6.45) is 2.71. The Hall–Kier alpha value is -3.28. The fraction of sp³-hybridized carbons (Fsp3) is 0.556. The molecule has 1 aromatic carbocycles. The van der Waals surface area contributed by atoms with Gasteiger partial charge in [-0.2, -0.15) is 4.98 Å². The molecule has 11 nitrogen and oxygen atoms in total. The predicted molar refractivity (Wildman–Crippen MR) is 147 cm³/mol. The van der Waals surface area contributed by atoms with Gasteiger partial charge in [0.05, 0.1) is 11.2 Å². The van der Waals surface area contributed by atoms with E-state index in [1.807, 2.05) is 31.2 Å². The molecule has 2 aliphatic rings. The lowest BCUT2D eigenvalue weighted by atomic mass is 10.0. The van der Waals surface area contributed by atoms with Gasteiger partial charge in [-0.05, 0) is 63.4 Å². The first-order valence-corrected chi connectivity index (χ1v) is 13.3. The van der Waals surface area contributed by atoms with Gasteiger partial charge in [-0.3, -0.25) is 19.6 Å². The molecule has 38 heavy (non-hydrogen) atoms. The molecular weight excluding hydrogens is 484 g/mol. The van der Waals surface area contributed by atoms with E-state index in [0.717, 1.165) is 26.1 Å². The minimum absolute atomic E-state index is 0.145. The number of rotatable bonds is 8. The van der Waals surface area contributed by atoms with E-state index in [4.69, 9.17) is 11.5 Å². The van der Waals surface area contributed by atoms with E-state index in [2.05, 4.69) is 22.1 Å². The first-order valence-electron chi connectivity index (χ1n) is 13.3. The summed E-state index contributed by atoms with van der Waals surface area (Å²) < 4.78 is 1.45. The molecule has 1 aromatic heterocycles. The number of nitrogens with two attached hydrogens (primary N) is 2. The van der Waals surface area contributed by atoms with Crippen molar-refractivity contribution in [3.63, 3.8) is 0 Å². The van der Waals surface area contributed by atoms with Crippen LogP contribution in [0, 0.1) is 5.92 Å². The maximum absolute atomic E-state index is 12.9. The van der Waals surface area contributed by atoms with Crippen LogP contribution in [0.3, 0.4) is 0 Å². The van der Waals surface area contributed by atoms with Gasteiger partial charge in [0.2, 0.25) is 5.91 Å². The van der Waals surface area contributed by atoms with Crippen LogP contribution < -0.4 is 22.5 Å². The van der Waals surface area contributed by atoms with Crippen LogP contribution in [-0.2, 0) is 11.3 Å². The van der Waals surface area contributed by atoms with Crippen molar-refractivity contribution in [3.8, 4) is 5.69 Å². The summed E-state index contributed by atoms with van der Waals surface area (Å²) in [4.78, 5) is 47.9. The smallest absolute Gasteiger partial charge is 0.337 e. The lowest BCUT2D eigenvalue weighted by Gasteiger charge is -2.41. The molecule has 11 heteroatoms. The zero-order valence-electron chi connectivity index (χ0n) is 22.8. The number of anilines is 1. The van der Waals surface area contributed by atoms with E-state index in [9.17, 15) is 14.4 Å². The third-order valence-electron chi connectivity index (χ3n) is 7.30. The van der Waals surface area contributed by atoms with E-state index < -0.39 is 11.2 Å². The maximum Gasteiger partial charge on any atom is 0.354 e. The molecule has 2 fully saturated rings. The van der Waals surface area contributed by atoms with Gasteiger partial charge in [0.15, 0.2) is 0 Å². The lowest BCUT2D eigenvalue weighted by Crippen LogP contribution is -2.61. The van der Waals surface area contributed by atoms with Crippen LogP contribution in [0.4, 0.5) is 10.6 Å². The number of benzene rings is 1. The third kappa shape index (κ3) is 6.58. The van der Waals surface area contributed by atoms with Gasteiger partial charge >= 0.3 is 11.7 Å². The molecule has 1 saturated heterocycles. The molecule has 5 N–H and O–H groups in total. The number of nitrogens with zero attached hydrogens (tertiary/aromatic N) is 5. The Morgan fingerprint density at radius 3 is 2.42 bits per heavy atom. The number of urea groups is 1. The van der Waals surface area contributed by atoms with Crippen molar-refractivity contribution < 1.29 is 9.59 Å². The van der Waals surface area contributed by atoms with Crippen molar-refractivity contribution in [1.29, 1.82) is 0 Å². The molecule has 0 bridgehead atoms. The zero-order chi connectivity index (χ0) is 27.6. The monoisotopic (exact) mass is 524 g/mol. The summed E-state index contributed by atoms with van der Waals surface area (Å²) in [5.74, 6) is 0.630. The van der Waals surface area contributed by atoms with Gasteiger partial charge in [0, 0.05) is 51.0 Å². The Morgan fingerprint density at radius 2 is 1.87 bits per heavy atom. The van der Waals surface area contributed by atoms with E-state index in [1.165, 1.54) is 10.1 Å². The molecule has 2 unspecified atom stereocenters. The average molecular weight is 525 g/mol. The number of aromatic nitrogens is 2. The number of nitrogens with one attached hydrogen (secondary N) is 1. The molecule has 4 rings (SSSR count). The number of carbonyl (C=O) groups excluding carboxylic acids is 2. The number of carbonyl (C=O) groups is 2. The van der Waals surface area contributed by atoms with Crippen LogP contribution in [0.1, 0.15) is 39.7 Å². The van der Waals surface area contributed by atoms with Gasteiger partial charge in [-0.1, -0.05) is 19.1 Å². The van der Waals surface area contributed by atoms with Crippen LogP contribution in [0.15, 0.2) is 41.3 Å². The number of amides is 3. The molecule has 3 amide bonds. The average Bonchev–Trinajstić information content (AvgIpc) is 3.57. The molecule has 3 atom stereocenters. The highest BCUT2D eigenvalue weighted by Crippen LogP contribution is 2.29. The third-order valence-corrected chi connectivity index (χ3v) is 7.30. The fourth-order valence-corrected chi connectivity index (χ4v) is 4.84. The maximum atomic E-state index is 12.9. The zero-order valence-corrected chi connectivity index (χ0v) is 22.8. The van der Waals surface area contributed by atoms with Crippen LogP contribution in [0.25, 0.3) is 5.69 Å². The molecule has 206 valence electrons. The normalized spacial score (nSPS) is 21.5. The summed E-state index contributed by atoms with van der Waals surface area (Å²) in [7, 11) is 0. The molecule has 1 aliphatic carbocycles. The van der Waals surface area contributed by atoms with Crippen LogP contribution >= 0.6 is 0 Å². The van der Waals surface area contributed by atoms with Crippen molar-refractivity contribution in [3.05, 3.63) is 52.6 Å². The Balaban J connectivity index is 1.35. The minimum Gasteiger partial charge on any atom is -0.337 e. The predicted octanol–water partition coefficient (Wildman–Crippen LogP) is 1.20. The second kappa shape index (κ2) is 11.2. The molecular formula is C27H40N8O3. The Morgan fingerprint density at radius 1 is 1.18 bits per heavy atom. The first-order chi connectivity index (χ1) is 18.0. The van der Waals surface area contributed by atoms with E-state index in [1.54, 1.807) is 35.9 Å². The van der Waals surface area contributed by atoms with Crippen molar-refractivity contribution in [2.24, 2.45) is 17.4 Å². The topological polar surface area (TPSA) is 143 Å². The van der Waals surface area contributed by atoms with E-state index >= 15 is 0 Å². The van der Waals surface area contributed by atoms with Crippen LogP contribution in [0.2, 0.25) is 0 Å². The standard InChI is InChI=1S/C27H40N8O3/c1-5-32(17-20-14-22(20)28)16-19-6-8-21(9-7-19)35-11-10-23(31-26(35)38)30-25(37)34-13-12-33(15-18(34)2)24(36)27(3,4)29/h6-11,18,20,22H,5,12-17,28-29H2,1-4H3,(H,30,31,37,38)/t18?,20-,22?/m0/s1. The van der Waals surface area contributed by atoms with Crippen molar-refractivity contribution in [1.82, 2.24) is 24.3 Å². The van der Waals surface area contributed by atoms with Crippen molar-refractivity contribution >= 4 is 17.8 Å². The van der Waals surface area contributed by atoms with Crippen molar-refractivity contribution in [2.75, 3.05) is 38.0 Å². The second-order valence-electron chi connectivity index (χ2n) is 11.1. The summed E-state index contributed by atoms with van der Waals surface area (Å²) in [5.41, 5.74) is 12.3. The van der Waals surface area contributed by atoms with Gasteiger partial charge in [0.1, 0.15) is 5.82 Å². The highest BCUT2D eigenvalue weighted by Gasteiger charge is 2.35. The van der Waals surface area contributed by atoms with Crippen LogP contribution in [-0.4, -0.2) is 86.5 Å². The largest absolute Gasteiger partial charge is 0.354 e. The first kappa shape index (κ1) is 27.7. The second-order valence-corrected chi connectivity index (χ2v) is 11.1. The summed E-state index contributed by atoms with van der Waals surface area (Å²) in [6.45, 7) is 11.3. The summed E-state index contributed by atoms with van der Waals surface area (Å²) in [5, 5.41) is 2.72. The van der Waals surface area contributed by atoms with Gasteiger partial charge in [0.25, 0.3) is 0 Å². The Bertz CT molecular complexity index is 1210. The Labute approximate surface area is 223 Å². The van der Waals surface area contributed by atoms with Crippen molar-refractivity contribution in [2.45, 2.75) is 58.3 Å². The van der Waals surface area contributed by atoms with E-state index in [-0.39, 0.29) is 23.8 Å². The molecule has 0 spiro atoms. The molecule has 2 aromatic rings. The fourth-order valence-electron chi connectivity index (χ4n) is 4.84. The summed E-state index contributed by atoms with van der Waals surface area (Å²) >= 11 is 0. The SMILES string of the molecule is CCN(Cc1ccc(-n2ccc(NC(=O)N3CCN(C(=O)C(C)(C)N)CC3C)nc2=O)cc1)C[C@@H]1CC1N. The highest BCUT2D eigenvalue weighted by molar-refractivity contribution is 5.89. The van der Waals surface area contributed by atoms with Gasteiger partial charge in [-0.25, -0.2) is 9.59 Å². The molecule has 0 radical (unpaired) electrons.